The lowest BCUT2D eigenvalue weighted by Gasteiger charge is -2.08. The summed E-state index contributed by atoms with van der Waals surface area (Å²) in [6, 6.07) is 10.8. The molecule has 0 aliphatic carbocycles. The summed E-state index contributed by atoms with van der Waals surface area (Å²) in [7, 11) is 0. The van der Waals surface area contributed by atoms with Crippen molar-refractivity contribution in [3.05, 3.63) is 36.4 Å². The van der Waals surface area contributed by atoms with Gasteiger partial charge in [0.05, 0.1) is 13.2 Å². The Morgan fingerprint density at radius 3 is 2.33 bits per heavy atom. The topological polar surface area (TPSA) is 69.4 Å². The van der Waals surface area contributed by atoms with Gasteiger partial charge in [0.15, 0.2) is 0 Å². The number of rotatable bonds is 10. The predicted octanol–water partition coefficient (Wildman–Crippen LogP) is 4.87. The fourth-order valence-corrected chi connectivity index (χ4v) is 2.79. The van der Waals surface area contributed by atoms with Crippen LogP contribution < -0.4 is 9.47 Å². The van der Waals surface area contributed by atoms with Gasteiger partial charge in [0.25, 0.3) is 0 Å². The lowest BCUT2D eigenvalue weighted by Crippen LogP contribution is -2.01. The van der Waals surface area contributed by atoms with E-state index in [2.05, 4.69) is 24.0 Å². The predicted molar refractivity (Wildman–Crippen MR) is 106 cm³/mol. The van der Waals surface area contributed by atoms with Crippen LogP contribution in [0, 0.1) is 0 Å². The molecule has 0 unspecified atom stereocenters. The molecule has 1 aromatic heterocycles. The summed E-state index contributed by atoms with van der Waals surface area (Å²) in [6.07, 6.45) is 5.55. The van der Waals surface area contributed by atoms with E-state index in [4.69, 9.17) is 9.47 Å². The van der Waals surface area contributed by atoms with E-state index in [1.807, 2.05) is 24.3 Å². The molecule has 6 nitrogen and oxygen atoms in total. The van der Waals surface area contributed by atoms with Gasteiger partial charge in [-0.05, 0) is 37.1 Å². The maximum atomic E-state index is 10.4. The van der Waals surface area contributed by atoms with E-state index in [0.29, 0.717) is 24.7 Å². The van der Waals surface area contributed by atoms with Crippen molar-refractivity contribution in [3.8, 4) is 22.9 Å². The molecule has 27 heavy (non-hydrogen) atoms. The summed E-state index contributed by atoms with van der Waals surface area (Å²) >= 11 is 0. The fraction of sp³-hybridized carbons (Fsp3) is 0.429. The van der Waals surface area contributed by atoms with Gasteiger partial charge in [-0.2, -0.15) is 0 Å². The maximum Gasteiger partial charge on any atom is 0.146 e. The Hall–Kier alpha value is -2.76. The Bertz CT molecular complexity index is 876. The highest BCUT2D eigenvalue weighted by atomic mass is 16.5. The number of hydrogen-bond acceptors (Lipinski definition) is 5. The molecule has 0 saturated carbocycles. The second-order valence-corrected chi connectivity index (χ2v) is 6.55. The Kier molecular flexibility index (Phi) is 6.52. The smallest absolute Gasteiger partial charge is 0.146 e. The van der Waals surface area contributed by atoms with Crippen LogP contribution in [-0.2, 0) is 0 Å². The maximum absolute atomic E-state index is 10.4. The van der Waals surface area contributed by atoms with Crippen molar-refractivity contribution in [3.63, 3.8) is 0 Å². The van der Waals surface area contributed by atoms with Crippen molar-refractivity contribution < 1.29 is 14.6 Å². The molecular formula is C21H27N3O3. The van der Waals surface area contributed by atoms with Gasteiger partial charge >= 0.3 is 0 Å². The first-order chi connectivity index (χ1) is 13.2. The van der Waals surface area contributed by atoms with Crippen LogP contribution in [0.25, 0.3) is 16.7 Å². The van der Waals surface area contributed by atoms with Crippen molar-refractivity contribution in [1.82, 2.24) is 15.0 Å². The van der Waals surface area contributed by atoms with Gasteiger partial charge in [0.2, 0.25) is 0 Å². The van der Waals surface area contributed by atoms with Gasteiger partial charge < -0.3 is 14.6 Å². The van der Waals surface area contributed by atoms with E-state index >= 15 is 0 Å². The molecule has 3 rings (SSSR count). The van der Waals surface area contributed by atoms with Crippen LogP contribution in [0.4, 0.5) is 0 Å². The van der Waals surface area contributed by atoms with Crippen LogP contribution in [-0.4, -0.2) is 33.3 Å². The van der Waals surface area contributed by atoms with Gasteiger partial charge in [-0.1, -0.05) is 33.1 Å². The van der Waals surface area contributed by atoms with Gasteiger partial charge in [-0.3, -0.25) is 0 Å². The molecule has 1 heterocycles. The lowest BCUT2D eigenvalue weighted by atomic mass is 10.2. The van der Waals surface area contributed by atoms with Gasteiger partial charge in [0.1, 0.15) is 34.0 Å². The molecule has 6 heteroatoms. The highest BCUT2D eigenvalue weighted by molar-refractivity contribution is 5.75. The van der Waals surface area contributed by atoms with Crippen molar-refractivity contribution in [1.29, 1.82) is 0 Å². The van der Waals surface area contributed by atoms with Crippen LogP contribution in [0.15, 0.2) is 36.4 Å². The number of aromatic hydroxyl groups is 1. The van der Waals surface area contributed by atoms with E-state index in [-0.39, 0.29) is 5.75 Å². The van der Waals surface area contributed by atoms with Crippen LogP contribution >= 0.6 is 0 Å². The van der Waals surface area contributed by atoms with Crippen molar-refractivity contribution >= 4 is 11.0 Å². The number of fused-ring (bicyclic) bond motifs is 1. The minimum atomic E-state index is 0.0869. The van der Waals surface area contributed by atoms with E-state index in [0.717, 1.165) is 36.0 Å². The second kappa shape index (κ2) is 9.26. The van der Waals surface area contributed by atoms with E-state index in [1.54, 1.807) is 12.1 Å². The standard InChI is InChI=1S/C21H27N3O3/c1-3-5-6-7-13-27-17-9-11-20(21(25)15-17)24-22-18-10-8-16(26-12-4-2)14-19(18)23-24/h8-11,14-15,25H,3-7,12-13H2,1-2H3. The zero-order chi connectivity index (χ0) is 19.1. The Labute approximate surface area is 159 Å². The van der Waals surface area contributed by atoms with Gasteiger partial charge in [-0.25, -0.2) is 0 Å². The quantitative estimate of drug-likeness (QED) is 0.516. The van der Waals surface area contributed by atoms with Crippen LogP contribution in [0.5, 0.6) is 17.2 Å². The molecule has 0 saturated heterocycles. The van der Waals surface area contributed by atoms with Gasteiger partial charge in [-0.15, -0.1) is 15.0 Å². The molecular weight excluding hydrogens is 342 g/mol. The Balaban J connectivity index is 1.71. The largest absolute Gasteiger partial charge is 0.505 e. The number of benzene rings is 2. The highest BCUT2D eigenvalue weighted by Crippen LogP contribution is 2.27. The number of ether oxygens (including phenoxy) is 2. The zero-order valence-corrected chi connectivity index (χ0v) is 16.0. The Morgan fingerprint density at radius 1 is 0.815 bits per heavy atom. The summed E-state index contributed by atoms with van der Waals surface area (Å²) in [5.74, 6) is 1.51. The first-order valence-electron chi connectivity index (χ1n) is 9.67. The lowest BCUT2D eigenvalue weighted by molar-refractivity contribution is 0.303. The molecule has 2 aromatic carbocycles. The normalized spacial score (nSPS) is 11.0. The van der Waals surface area contributed by atoms with Crippen molar-refractivity contribution in [2.45, 2.75) is 46.0 Å². The summed E-state index contributed by atoms with van der Waals surface area (Å²) in [5.41, 5.74) is 1.98. The molecule has 0 aliphatic rings. The monoisotopic (exact) mass is 369 g/mol. The molecule has 144 valence electrons. The number of unbranched alkanes of at least 4 members (excludes halogenated alkanes) is 3. The highest BCUT2D eigenvalue weighted by Gasteiger charge is 2.11. The van der Waals surface area contributed by atoms with Crippen LogP contribution in [0.1, 0.15) is 46.0 Å². The van der Waals surface area contributed by atoms with Gasteiger partial charge in [0, 0.05) is 12.1 Å². The van der Waals surface area contributed by atoms with E-state index in [1.165, 1.54) is 17.6 Å². The molecule has 0 spiro atoms. The first kappa shape index (κ1) is 19.0. The van der Waals surface area contributed by atoms with Crippen molar-refractivity contribution in [2.75, 3.05) is 13.2 Å². The average Bonchev–Trinajstić information content (AvgIpc) is 3.09. The summed E-state index contributed by atoms with van der Waals surface area (Å²) in [6.45, 7) is 5.57. The van der Waals surface area contributed by atoms with E-state index in [9.17, 15) is 5.11 Å². The molecule has 0 amide bonds. The fourth-order valence-electron chi connectivity index (χ4n) is 2.79. The summed E-state index contributed by atoms with van der Waals surface area (Å²) in [5, 5.41) is 19.3. The summed E-state index contributed by atoms with van der Waals surface area (Å²) < 4.78 is 11.3. The number of aromatic nitrogens is 3. The Morgan fingerprint density at radius 2 is 1.56 bits per heavy atom. The molecule has 0 aliphatic heterocycles. The number of nitrogens with zero attached hydrogens (tertiary/aromatic N) is 3. The van der Waals surface area contributed by atoms with E-state index < -0.39 is 0 Å². The first-order valence-corrected chi connectivity index (χ1v) is 9.67. The van der Waals surface area contributed by atoms with Crippen LogP contribution in [0.3, 0.4) is 0 Å². The van der Waals surface area contributed by atoms with Crippen LogP contribution in [0.2, 0.25) is 0 Å². The molecule has 0 radical (unpaired) electrons. The second-order valence-electron chi connectivity index (χ2n) is 6.55. The summed E-state index contributed by atoms with van der Waals surface area (Å²) in [4.78, 5) is 1.44. The zero-order valence-electron chi connectivity index (χ0n) is 16.0. The number of phenols is 1. The number of phenolic OH excluding ortho intramolecular Hbond substituents is 1. The molecule has 0 fully saturated rings. The molecule has 0 atom stereocenters. The minimum absolute atomic E-state index is 0.0869. The van der Waals surface area contributed by atoms with Crippen molar-refractivity contribution in [2.24, 2.45) is 0 Å². The molecule has 1 N–H and O–H groups in total. The minimum Gasteiger partial charge on any atom is -0.505 e. The number of hydrogen-bond donors (Lipinski definition) is 1. The molecule has 3 aromatic rings. The third-order valence-corrected chi connectivity index (χ3v) is 4.25. The average molecular weight is 369 g/mol. The third kappa shape index (κ3) is 4.90. The SMILES string of the molecule is CCCCCCOc1ccc(-n2nc3ccc(OCCC)cc3n2)c(O)c1. The molecule has 0 bridgehead atoms. The third-order valence-electron chi connectivity index (χ3n) is 4.25.